The molecule has 0 saturated heterocycles. The van der Waals surface area contributed by atoms with Crippen molar-refractivity contribution >= 4 is 61.6 Å². The summed E-state index contributed by atoms with van der Waals surface area (Å²) in [6.45, 7) is 7.25. The molecular weight excluding hydrogens is 759 g/mol. The van der Waals surface area contributed by atoms with Crippen molar-refractivity contribution in [2.24, 2.45) is 0 Å². The van der Waals surface area contributed by atoms with Gasteiger partial charge in [-0.05, 0) is 89.8 Å². The monoisotopic (exact) mass is 795 g/mol. The second kappa shape index (κ2) is 12.3. The Hall–Kier alpha value is -7.91. The number of rotatable bonds is 5. The van der Waals surface area contributed by atoms with E-state index in [0.717, 1.165) is 108 Å². The number of hydrogen-bond acceptors (Lipinski definition) is 8. The normalized spacial score (nSPS) is 14.0. The number of aromatic nitrogens is 2. The Kier molecular flexibility index (Phi) is 6.86. The molecule has 0 fully saturated rings. The van der Waals surface area contributed by atoms with Gasteiger partial charge in [-0.1, -0.05) is 69.3 Å². The van der Waals surface area contributed by atoms with Crippen molar-refractivity contribution in [1.29, 1.82) is 0 Å². The van der Waals surface area contributed by atoms with E-state index in [9.17, 15) is 0 Å². The molecule has 9 nitrogen and oxygen atoms in total. The van der Waals surface area contributed by atoms with E-state index in [-0.39, 0.29) is 5.41 Å². The van der Waals surface area contributed by atoms with Gasteiger partial charge in [-0.3, -0.25) is 9.47 Å². The van der Waals surface area contributed by atoms with Crippen molar-refractivity contribution in [1.82, 2.24) is 9.55 Å². The highest BCUT2D eigenvalue weighted by atomic mass is 16.5. The lowest BCUT2D eigenvalue weighted by molar-refractivity contribution is 0.418. The Balaban J connectivity index is 0.853. The second-order valence-electron chi connectivity index (χ2n) is 16.9. The minimum absolute atomic E-state index is 0.0131. The van der Waals surface area contributed by atoms with E-state index in [2.05, 4.69) is 149 Å². The third-order valence-corrected chi connectivity index (χ3v) is 12.2. The molecule has 0 bridgehead atoms. The zero-order valence-electron chi connectivity index (χ0n) is 33.6. The number of anilines is 7. The predicted molar refractivity (Wildman–Crippen MR) is 241 cm³/mol. The maximum Gasteiger partial charge on any atom is 0.157 e. The molecule has 0 N–H and O–H groups in total. The third kappa shape index (κ3) is 5.04. The Morgan fingerprint density at radius 2 is 1.10 bits per heavy atom. The Labute approximate surface area is 351 Å². The van der Waals surface area contributed by atoms with E-state index in [1.807, 2.05) is 48.7 Å². The van der Waals surface area contributed by atoms with E-state index < -0.39 is 0 Å². The van der Waals surface area contributed by atoms with Gasteiger partial charge in [0.1, 0.15) is 41.0 Å². The van der Waals surface area contributed by atoms with Gasteiger partial charge in [0.15, 0.2) is 34.5 Å². The molecule has 7 aromatic carbocycles. The fourth-order valence-electron chi connectivity index (χ4n) is 9.34. The van der Waals surface area contributed by atoms with Gasteiger partial charge in [0.05, 0.1) is 28.1 Å². The second-order valence-corrected chi connectivity index (χ2v) is 16.9. The van der Waals surface area contributed by atoms with Gasteiger partial charge in [-0.2, -0.15) is 0 Å². The van der Waals surface area contributed by atoms with Crippen molar-refractivity contribution < 1.29 is 18.9 Å². The molecule has 0 amide bonds. The predicted octanol–water partition coefficient (Wildman–Crippen LogP) is 14.3. The summed E-state index contributed by atoms with van der Waals surface area (Å²) in [4.78, 5) is 11.7. The van der Waals surface area contributed by atoms with Crippen LogP contribution in [0.2, 0.25) is 0 Å². The number of hydrogen-bond donors (Lipinski definition) is 0. The molecule has 0 radical (unpaired) electrons. The average Bonchev–Trinajstić information content (AvgIpc) is 3.82. The highest BCUT2D eigenvalue weighted by molar-refractivity contribution is 6.09. The summed E-state index contributed by atoms with van der Waals surface area (Å²) < 4.78 is 28.6. The molecule has 0 atom stereocenters. The van der Waals surface area contributed by atoms with Crippen LogP contribution >= 0.6 is 0 Å². The van der Waals surface area contributed by atoms with Gasteiger partial charge in [-0.15, -0.1) is 0 Å². The molecule has 4 aliphatic heterocycles. The molecule has 13 rings (SSSR count). The van der Waals surface area contributed by atoms with E-state index in [1.54, 1.807) is 0 Å². The van der Waals surface area contributed by atoms with Crippen LogP contribution in [-0.2, 0) is 5.41 Å². The van der Waals surface area contributed by atoms with Gasteiger partial charge < -0.3 is 28.7 Å². The summed E-state index contributed by atoms with van der Waals surface area (Å²) >= 11 is 0. The maximum atomic E-state index is 6.71. The van der Waals surface area contributed by atoms with Crippen LogP contribution in [0, 0.1) is 0 Å². The van der Waals surface area contributed by atoms with Crippen LogP contribution in [0.25, 0.3) is 27.6 Å². The Morgan fingerprint density at radius 1 is 0.508 bits per heavy atom. The first-order valence-electron chi connectivity index (χ1n) is 20.5. The quantitative estimate of drug-likeness (QED) is 0.171. The summed E-state index contributed by atoms with van der Waals surface area (Å²) in [7, 11) is 0. The lowest BCUT2D eigenvalue weighted by Gasteiger charge is -2.42. The SMILES string of the molecule is CC(C)(C)c1ccnc(-n2c3ccccc3c3ccc(Oc4cccc(N5CN(c6cc7c8c(c6)Oc6cccc9c6N8c6c(cccc6O7)O9)c6ccccc65)c4)cc32)c1. The van der Waals surface area contributed by atoms with Gasteiger partial charge in [0.25, 0.3) is 0 Å². The summed E-state index contributed by atoms with van der Waals surface area (Å²) in [5.74, 6) is 6.80. The first-order chi connectivity index (χ1) is 29.8. The van der Waals surface area contributed by atoms with Crippen LogP contribution in [0.4, 0.5) is 39.8 Å². The molecule has 2 aromatic heterocycles. The van der Waals surface area contributed by atoms with E-state index in [1.165, 1.54) is 10.9 Å². The number of nitrogens with zero attached hydrogens (tertiary/aromatic N) is 5. The van der Waals surface area contributed by atoms with E-state index in [0.29, 0.717) is 6.67 Å². The van der Waals surface area contributed by atoms with Gasteiger partial charge in [-0.25, -0.2) is 4.98 Å². The van der Waals surface area contributed by atoms with Gasteiger partial charge in [0, 0.05) is 46.9 Å². The van der Waals surface area contributed by atoms with Crippen LogP contribution in [0.15, 0.2) is 158 Å². The smallest absolute Gasteiger partial charge is 0.157 e. The summed E-state index contributed by atoms with van der Waals surface area (Å²) in [6.07, 6.45) is 1.91. The van der Waals surface area contributed by atoms with Gasteiger partial charge >= 0.3 is 0 Å². The van der Waals surface area contributed by atoms with Crippen molar-refractivity contribution in [2.75, 3.05) is 21.4 Å². The summed E-state index contributed by atoms with van der Waals surface area (Å²) in [6, 6.07) is 52.0. The molecule has 9 aromatic rings. The highest BCUT2D eigenvalue weighted by Crippen LogP contribution is 2.67. The molecular formula is C52H37N5O4. The fourth-order valence-corrected chi connectivity index (χ4v) is 9.34. The molecule has 294 valence electrons. The van der Waals surface area contributed by atoms with Crippen LogP contribution in [-0.4, -0.2) is 16.2 Å². The third-order valence-electron chi connectivity index (χ3n) is 12.2. The molecule has 6 heterocycles. The number of pyridine rings is 1. The largest absolute Gasteiger partial charge is 0.457 e. The minimum atomic E-state index is -0.0131. The molecule has 61 heavy (non-hydrogen) atoms. The minimum Gasteiger partial charge on any atom is -0.457 e. The van der Waals surface area contributed by atoms with E-state index in [4.69, 9.17) is 23.9 Å². The van der Waals surface area contributed by atoms with Crippen LogP contribution in [0.5, 0.6) is 46.0 Å². The van der Waals surface area contributed by atoms with Crippen molar-refractivity contribution in [2.45, 2.75) is 26.2 Å². The first-order valence-corrected chi connectivity index (χ1v) is 20.5. The first kappa shape index (κ1) is 34.0. The Morgan fingerprint density at radius 3 is 1.80 bits per heavy atom. The van der Waals surface area contributed by atoms with Crippen molar-refractivity contribution in [3.8, 4) is 51.8 Å². The topological polar surface area (TPSA) is 64.5 Å². The average molecular weight is 796 g/mol. The molecule has 4 aliphatic rings. The van der Waals surface area contributed by atoms with Crippen LogP contribution in [0.1, 0.15) is 26.3 Å². The molecule has 9 heteroatoms. The van der Waals surface area contributed by atoms with Gasteiger partial charge in [0.2, 0.25) is 0 Å². The number of ether oxygens (including phenoxy) is 4. The van der Waals surface area contributed by atoms with Crippen molar-refractivity contribution in [3.63, 3.8) is 0 Å². The molecule has 0 saturated carbocycles. The zero-order chi connectivity index (χ0) is 40.6. The molecule has 0 aliphatic carbocycles. The standard InChI is InChI=1S/C52H37N5O4/c1-52(2,3)31-23-24-53-48(25-31)56-38-14-5-4-13-36(38)37-22-21-35(29-41(37)56)58-34-12-8-11-32(26-34)54-30-55(40-16-7-6-15-39(40)54)33-27-46-51-47(28-33)61-45-20-10-18-43-50(45)57(51)49-42(59-43)17-9-19-44(49)60-46/h4-29H,30H2,1-3H3. The van der Waals surface area contributed by atoms with Crippen molar-refractivity contribution in [3.05, 3.63) is 163 Å². The van der Waals surface area contributed by atoms with Crippen LogP contribution in [0.3, 0.4) is 0 Å². The van der Waals surface area contributed by atoms with E-state index >= 15 is 0 Å². The summed E-state index contributed by atoms with van der Waals surface area (Å²) in [5, 5.41) is 2.32. The molecule has 0 spiro atoms. The fraction of sp³-hybridized carbons (Fsp3) is 0.0962. The summed E-state index contributed by atoms with van der Waals surface area (Å²) in [5.41, 5.74) is 10.1. The molecule has 0 unspecified atom stereocenters. The highest BCUT2D eigenvalue weighted by Gasteiger charge is 2.42. The lowest BCUT2D eigenvalue weighted by atomic mass is 9.88. The zero-order valence-corrected chi connectivity index (χ0v) is 33.6. The number of fused-ring (bicyclic) bond motifs is 4. The number of para-hydroxylation sites is 5. The maximum absolute atomic E-state index is 6.71. The lowest BCUT2D eigenvalue weighted by Crippen LogP contribution is -2.26. The number of benzene rings is 7. The van der Waals surface area contributed by atoms with Crippen LogP contribution < -0.4 is 33.6 Å². The Bertz CT molecular complexity index is 3250.